The predicted molar refractivity (Wildman–Crippen MR) is 118 cm³/mol. The molecule has 11 heteroatoms. The molecule has 0 bridgehead atoms. The maximum Gasteiger partial charge on any atom is 0.326 e. The van der Waals surface area contributed by atoms with Gasteiger partial charge in [-0.3, -0.25) is 14.4 Å². The highest BCUT2D eigenvalue weighted by Gasteiger charge is 2.27. The first-order valence-electron chi connectivity index (χ1n) is 10.2. The number of hydrogen-bond acceptors (Lipinski definition) is 7. The second-order valence-corrected chi connectivity index (χ2v) is 8.21. The molecule has 0 saturated heterocycles. The number of carboxylic acid groups (broad SMARTS) is 1. The predicted octanol–water partition coefficient (Wildman–Crippen LogP) is -0.588. The van der Waals surface area contributed by atoms with E-state index in [2.05, 4.69) is 16.0 Å². The SMILES string of the molecule is CCC(C)C(NC(=O)CNC(=O)C(CCCCN)NC(=O)C(N)CCSC)C(=O)O. The summed E-state index contributed by atoms with van der Waals surface area (Å²) in [6.07, 6.45) is 4.64. The van der Waals surface area contributed by atoms with Crippen LogP contribution in [0.1, 0.15) is 46.0 Å². The van der Waals surface area contributed by atoms with Crippen LogP contribution in [0, 0.1) is 5.92 Å². The van der Waals surface area contributed by atoms with Gasteiger partial charge in [0.25, 0.3) is 0 Å². The lowest BCUT2D eigenvalue weighted by Gasteiger charge is -2.22. The third kappa shape index (κ3) is 11.4. The first kappa shape index (κ1) is 28.1. The van der Waals surface area contributed by atoms with Gasteiger partial charge in [-0.2, -0.15) is 11.8 Å². The standard InChI is InChI=1S/C19H37N5O5S/c1-4-12(2)16(19(28)29)24-15(25)11-22-18(27)14(7-5-6-9-20)23-17(26)13(21)8-10-30-3/h12-14,16H,4-11,20-21H2,1-3H3,(H,22,27)(H,23,26)(H,24,25)(H,28,29). The molecule has 174 valence electrons. The van der Waals surface area contributed by atoms with E-state index >= 15 is 0 Å². The Morgan fingerprint density at radius 1 is 1.07 bits per heavy atom. The van der Waals surface area contributed by atoms with Crippen molar-refractivity contribution >= 4 is 35.5 Å². The molecule has 0 aliphatic rings. The number of aliphatic carboxylic acids is 1. The number of unbranched alkanes of at least 4 members (excludes halogenated alkanes) is 1. The van der Waals surface area contributed by atoms with Crippen molar-refractivity contribution in [3.63, 3.8) is 0 Å². The summed E-state index contributed by atoms with van der Waals surface area (Å²) in [5.74, 6) is -2.23. The van der Waals surface area contributed by atoms with Gasteiger partial charge in [0, 0.05) is 0 Å². The largest absolute Gasteiger partial charge is 0.480 e. The fourth-order valence-corrected chi connectivity index (χ4v) is 3.10. The minimum atomic E-state index is -1.13. The molecule has 0 aliphatic carbocycles. The molecule has 30 heavy (non-hydrogen) atoms. The summed E-state index contributed by atoms with van der Waals surface area (Å²) in [5.41, 5.74) is 11.3. The van der Waals surface area contributed by atoms with Gasteiger partial charge in [-0.15, -0.1) is 0 Å². The number of carbonyl (C=O) groups excluding carboxylic acids is 3. The van der Waals surface area contributed by atoms with E-state index in [1.165, 1.54) is 0 Å². The fraction of sp³-hybridized carbons (Fsp3) is 0.789. The van der Waals surface area contributed by atoms with Crippen LogP contribution in [0.4, 0.5) is 0 Å². The topological polar surface area (TPSA) is 177 Å². The highest BCUT2D eigenvalue weighted by atomic mass is 32.2. The Bertz CT molecular complexity index is 563. The van der Waals surface area contributed by atoms with Crippen LogP contribution in [0.15, 0.2) is 0 Å². The molecule has 0 aromatic carbocycles. The molecule has 0 aliphatic heterocycles. The van der Waals surface area contributed by atoms with Crippen LogP contribution in [0.5, 0.6) is 0 Å². The molecule has 10 nitrogen and oxygen atoms in total. The summed E-state index contributed by atoms with van der Waals surface area (Å²) in [6, 6.07) is -2.60. The Morgan fingerprint density at radius 3 is 2.27 bits per heavy atom. The first-order chi connectivity index (χ1) is 14.2. The number of rotatable bonds is 16. The average molecular weight is 448 g/mol. The van der Waals surface area contributed by atoms with E-state index in [1.807, 2.05) is 13.2 Å². The van der Waals surface area contributed by atoms with E-state index in [1.54, 1.807) is 18.7 Å². The zero-order valence-electron chi connectivity index (χ0n) is 18.1. The molecule has 0 heterocycles. The molecule has 0 fully saturated rings. The van der Waals surface area contributed by atoms with Gasteiger partial charge in [-0.25, -0.2) is 4.79 Å². The fourth-order valence-electron chi connectivity index (χ4n) is 2.61. The third-order valence-electron chi connectivity index (χ3n) is 4.77. The number of amides is 3. The summed E-state index contributed by atoms with van der Waals surface area (Å²) in [6.45, 7) is 3.62. The van der Waals surface area contributed by atoms with E-state index in [9.17, 15) is 24.3 Å². The lowest BCUT2D eigenvalue weighted by atomic mass is 9.99. The molecule has 3 amide bonds. The number of thioether (sulfide) groups is 1. The van der Waals surface area contributed by atoms with Crippen molar-refractivity contribution in [2.45, 2.75) is 64.1 Å². The molecule has 0 spiro atoms. The van der Waals surface area contributed by atoms with E-state index in [-0.39, 0.29) is 12.5 Å². The Hall–Kier alpha value is -1.85. The average Bonchev–Trinajstić information content (AvgIpc) is 2.72. The number of hydrogen-bond donors (Lipinski definition) is 6. The van der Waals surface area contributed by atoms with Gasteiger partial charge in [-0.1, -0.05) is 20.3 Å². The Morgan fingerprint density at radius 2 is 1.73 bits per heavy atom. The van der Waals surface area contributed by atoms with E-state index in [4.69, 9.17) is 11.5 Å². The monoisotopic (exact) mass is 447 g/mol. The zero-order valence-corrected chi connectivity index (χ0v) is 18.9. The van der Waals surface area contributed by atoms with Crippen LogP contribution in [-0.4, -0.2) is 72.0 Å². The third-order valence-corrected chi connectivity index (χ3v) is 5.41. The van der Waals surface area contributed by atoms with Gasteiger partial charge in [0.15, 0.2) is 0 Å². The minimum absolute atomic E-state index is 0.256. The molecular weight excluding hydrogens is 410 g/mol. The van der Waals surface area contributed by atoms with Crippen LogP contribution < -0.4 is 27.4 Å². The second kappa shape index (κ2) is 15.9. The number of carbonyl (C=O) groups is 4. The van der Waals surface area contributed by atoms with Crippen LogP contribution >= 0.6 is 11.8 Å². The van der Waals surface area contributed by atoms with Crippen LogP contribution in [0.3, 0.4) is 0 Å². The van der Waals surface area contributed by atoms with Gasteiger partial charge >= 0.3 is 5.97 Å². The molecule has 0 saturated carbocycles. The quantitative estimate of drug-likeness (QED) is 0.170. The number of nitrogens with two attached hydrogens (primary N) is 2. The summed E-state index contributed by atoms with van der Waals surface area (Å²) in [4.78, 5) is 48.2. The van der Waals surface area contributed by atoms with Crippen molar-refractivity contribution in [2.75, 3.05) is 25.1 Å². The van der Waals surface area contributed by atoms with Crippen molar-refractivity contribution in [3.8, 4) is 0 Å². The molecule has 0 aromatic rings. The first-order valence-corrected chi connectivity index (χ1v) is 11.6. The van der Waals surface area contributed by atoms with Gasteiger partial charge in [0.05, 0.1) is 12.6 Å². The van der Waals surface area contributed by atoms with Crippen molar-refractivity contribution in [3.05, 3.63) is 0 Å². The Kier molecular flexibility index (Phi) is 14.9. The molecule has 0 aromatic heterocycles. The highest BCUT2D eigenvalue weighted by molar-refractivity contribution is 7.98. The smallest absolute Gasteiger partial charge is 0.326 e. The van der Waals surface area contributed by atoms with E-state index < -0.39 is 41.8 Å². The summed E-state index contributed by atoms with van der Waals surface area (Å²) in [5, 5.41) is 16.8. The van der Waals surface area contributed by atoms with E-state index in [0.717, 1.165) is 5.75 Å². The van der Waals surface area contributed by atoms with Crippen molar-refractivity contribution in [1.82, 2.24) is 16.0 Å². The lowest BCUT2D eigenvalue weighted by molar-refractivity contribution is -0.143. The van der Waals surface area contributed by atoms with Crippen LogP contribution in [-0.2, 0) is 19.2 Å². The summed E-state index contributed by atoms with van der Waals surface area (Å²) in [7, 11) is 0. The van der Waals surface area contributed by atoms with Gasteiger partial charge in [0.1, 0.15) is 12.1 Å². The molecule has 4 atom stereocenters. The number of carboxylic acids is 1. The maximum absolute atomic E-state index is 12.5. The summed E-state index contributed by atoms with van der Waals surface area (Å²) >= 11 is 1.57. The minimum Gasteiger partial charge on any atom is -0.480 e. The number of nitrogens with one attached hydrogen (secondary N) is 3. The Labute approximate surface area is 182 Å². The Balaban J connectivity index is 4.84. The van der Waals surface area contributed by atoms with Crippen molar-refractivity contribution in [2.24, 2.45) is 17.4 Å². The normalized spacial score (nSPS) is 14.8. The van der Waals surface area contributed by atoms with Crippen LogP contribution in [0.2, 0.25) is 0 Å². The lowest BCUT2D eigenvalue weighted by Crippen LogP contribution is -2.54. The van der Waals surface area contributed by atoms with Crippen molar-refractivity contribution < 1.29 is 24.3 Å². The molecule has 0 radical (unpaired) electrons. The van der Waals surface area contributed by atoms with Crippen molar-refractivity contribution in [1.29, 1.82) is 0 Å². The van der Waals surface area contributed by atoms with Gasteiger partial charge < -0.3 is 32.5 Å². The molecule has 4 unspecified atom stereocenters. The van der Waals surface area contributed by atoms with Gasteiger partial charge in [-0.05, 0) is 50.2 Å². The molecule has 8 N–H and O–H groups in total. The zero-order chi connectivity index (χ0) is 23.1. The second-order valence-electron chi connectivity index (χ2n) is 7.22. The highest BCUT2D eigenvalue weighted by Crippen LogP contribution is 2.08. The molecular formula is C19H37N5O5S. The van der Waals surface area contributed by atoms with E-state index in [0.29, 0.717) is 38.6 Å². The van der Waals surface area contributed by atoms with Crippen LogP contribution in [0.25, 0.3) is 0 Å². The summed E-state index contributed by atoms with van der Waals surface area (Å²) < 4.78 is 0. The van der Waals surface area contributed by atoms with Gasteiger partial charge in [0.2, 0.25) is 17.7 Å². The molecule has 0 rings (SSSR count). The maximum atomic E-state index is 12.5.